The van der Waals surface area contributed by atoms with E-state index in [1.807, 2.05) is 54.0 Å². The predicted molar refractivity (Wildman–Crippen MR) is 111 cm³/mol. The van der Waals surface area contributed by atoms with Gasteiger partial charge in [0, 0.05) is 40.8 Å². The number of nitrogens with zero attached hydrogens (tertiary/aromatic N) is 4. The van der Waals surface area contributed by atoms with Crippen molar-refractivity contribution in [3.63, 3.8) is 0 Å². The molecule has 0 saturated heterocycles. The second-order valence-corrected chi connectivity index (χ2v) is 6.73. The first-order valence-electron chi connectivity index (χ1n) is 8.48. The summed E-state index contributed by atoms with van der Waals surface area (Å²) in [5.41, 5.74) is 1.56. The minimum absolute atomic E-state index is 0.172. The van der Waals surface area contributed by atoms with Crippen LogP contribution in [0.3, 0.4) is 0 Å². The van der Waals surface area contributed by atoms with E-state index in [9.17, 15) is 4.79 Å². The van der Waals surface area contributed by atoms with E-state index in [1.54, 1.807) is 34.4 Å². The fraction of sp³-hybridized carbons (Fsp3) is 0. The lowest BCUT2D eigenvalue weighted by atomic mass is 10.2. The Morgan fingerprint density at radius 1 is 1.07 bits per heavy atom. The molecule has 0 aliphatic rings. The molecular formula is C20H16N6OS. The average Bonchev–Trinajstić information content (AvgIpc) is 3.42. The van der Waals surface area contributed by atoms with Crippen molar-refractivity contribution < 1.29 is 4.79 Å². The van der Waals surface area contributed by atoms with Gasteiger partial charge in [-0.05, 0) is 47.9 Å². The summed E-state index contributed by atoms with van der Waals surface area (Å²) in [4.78, 5) is 21.5. The van der Waals surface area contributed by atoms with Gasteiger partial charge in [-0.25, -0.2) is 14.6 Å². The molecule has 7 nitrogen and oxygen atoms in total. The number of thiophene rings is 1. The molecule has 0 unspecified atom stereocenters. The Kier molecular flexibility index (Phi) is 5.21. The Bertz CT molecular complexity index is 1070. The van der Waals surface area contributed by atoms with E-state index >= 15 is 0 Å². The summed E-state index contributed by atoms with van der Waals surface area (Å²) in [6.45, 7) is 0. The van der Waals surface area contributed by atoms with Gasteiger partial charge in [0.2, 0.25) is 5.91 Å². The van der Waals surface area contributed by atoms with E-state index < -0.39 is 0 Å². The zero-order valence-corrected chi connectivity index (χ0v) is 15.5. The molecule has 138 valence electrons. The highest BCUT2D eigenvalue weighted by Gasteiger charge is 2.03. The number of aromatic nitrogens is 4. The maximum Gasteiger partial charge on any atom is 0.248 e. The summed E-state index contributed by atoms with van der Waals surface area (Å²) in [5.74, 6) is 1.15. The van der Waals surface area contributed by atoms with Crippen LogP contribution in [-0.4, -0.2) is 25.7 Å². The van der Waals surface area contributed by atoms with Crippen molar-refractivity contribution in [2.45, 2.75) is 0 Å². The van der Waals surface area contributed by atoms with E-state index in [-0.39, 0.29) is 5.91 Å². The molecule has 3 heterocycles. The van der Waals surface area contributed by atoms with Crippen LogP contribution in [-0.2, 0) is 4.79 Å². The molecule has 0 spiro atoms. The van der Waals surface area contributed by atoms with Gasteiger partial charge in [-0.2, -0.15) is 5.10 Å². The van der Waals surface area contributed by atoms with Crippen molar-refractivity contribution in [2.24, 2.45) is 0 Å². The molecule has 4 aromatic rings. The number of hydrogen-bond acceptors (Lipinski definition) is 6. The van der Waals surface area contributed by atoms with Crippen molar-refractivity contribution in [1.82, 2.24) is 19.7 Å². The fourth-order valence-corrected chi connectivity index (χ4v) is 3.08. The van der Waals surface area contributed by atoms with Gasteiger partial charge in [0.05, 0.1) is 0 Å². The molecule has 0 aliphatic carbocycles. The zero-order valence-electron chi connectivity index (χ0n) is 14.7. The van der Waals surface area contributed by atoms with Crippen LogP contribution >= 0.6 is 11.3 Å². The van der Waals surface area contributed by atoms with Crippen LogP contribution in [0.2, 0.25) is 0 Å². The van der Waals surface area contributed by atoms with Crippen molar-refractivity contribution >= 4 is 40.5 Å². The highest BCUT2D eigenvalue weighted by atomic mass is 32.1. The molecular weight excluding hydrogens is 372 g/mol. The number of carbonyl (C=O) groups is 1. The van der Waals surface area contributed by atoms with Crippen molar-refractivity contribution in [1.29, 1.82) is 0 Å². The van der Waals surface area contributed by atoms with Gasteiger partial charge in [-0.15, -0.1) is 11.3 Å². The number of rotatable bonds is 6. The van der Waals surface area contributed by atoms with Crippen LogP contribution in [0.4, 0.5) is 17.2 Å². The minimum atomic E-state index is -0.172. The quantitative estimate of drug-likeness (QED) is 0.486. The predicted octanol–water partition coefficient (Wildman–Crippen LogP) is 4.12. The van der Waals surface area contributed by atoms with Gasteiger partial charge in [0.15, 0.2) is 5.82 Å². The number of carbonyl (C=O) groups excluding carboxylic acids is 1. The van der Waals surface area contributed by atoms with Gasteiger partial charge in [-0.1, -0.05) is 6.07 Å². The summed E-state index contributed by atoms with van der Waals surface area (Å²) in [6.07, 6.45) is 8.31. The van der Waals surface area contributed by atoms with Crippen LogP contribution in [0.25, 0.3) is 11.9 Å². The third-order valence-corrected chi connectivity index (χ3v) is 4.60. The van der Waals surface area contributed by atoms with Crippen molar-refractivity contribution in [2.75, 3.05) is 10.6 Å². The van der Waals surface area contributed by atoms with E-state index in [1.165, 1.54) is 12.4 Å². The van der Waals surface area contributed by atoms with E-state index in [0.29, 0.717) is 17.3 Å². The Balaban J connectivity index is 1.38. The van der Waals surface area contributed by atoms with Gasteiger partial charge >= 0.3 is 0 Å². The number of amides is 1. The first kappa shape index (κ1) is 17.6. The molecule has 2 N–H and O–H groups in total. The Labute approximate surface area is 165 Å². The standard InChI is InChI=1S/C20H16N6OS/c27-20(9-8-17-3-1-12-28-17)25-16-6-4-15(5-7-16)24-18-13-19(22-14-21-18)26-11-2-10-23-26/h1-14H,(H,25,27)(H,21,22,24)/b9-8+. The normalized spacial score (nSPS) is 10.9. The Hall–Kier alpha value is -3.78. The molecule has 8 heteroatoms. The second-order valence-electron chi connectivity index (χ2n) is 5.75. The Morgan fingerprint density at radius 2 is 1.93 bits per heavy atom. The molecule has 0 radical (unpaired) electrons. The average molecular weight is 388 g/mol. The van der Waals surface area contributed by atoms with E-state index in [2.05, 4.69) is 25.7 Å². The second kappa shape index (κ2) is 8.28. The lowest BCUT2D eigenvalue weighted by Gasteiger charge is -2.08. The van der Waals surface area contributed by atoms with Crippen molar-refractivity contribution in [3.05, 3.63) is 83.6 Å². The number of benzene rings is 1. The minimum Gasteiger partial charge on any atom is -0.340 e. The third-order valence-electron chi connectivity index (χ3n) is 3.76. The molecule has 1 amide bonds. The maximum atomic E-state index is 12.0. The zero-order chi connectivity index (χ0) is 19.2. The third kappa shape index (κ3) is 4.49. The highest BCUT2D eigenvalue weighted by Crippen LogP contribution is 2.18. The van der Waals surface area contributed by atoms with E-state index in [4.69, 9.17) is 0 Å². The maximum absolute atomic E-state index is 12.0. The summed E-state index contributed by atoms with van der Waals surface area (Å²) < 4.78 is 1.66. The molecule has 0 fully saturated rings. The largest absolute Gasteiger partial charge is 0.340 e. The summed E-state index contributed by atoms with van der Waals surface area (Å²) in [6, 6.07) is 14.9. The molecule has 0 atom stereocenters. The van der Waals surface area contributed by atoms with Crippen LogP contribution < -0.4 is 10.6 Å². The Morgan fingerprint density at radius 3 is 2.68 bits per heavy atom. The van der Waals surface area contributed by atoms with Gasteiger partial charge in [0.1, 0.15) is 12.1 Å². The smallest absolute Gasteiger partial charge is 0.248 e. The molecule has 28 heavy (non-hydrogen) atoms. The lowest BCUT2D eigenvalue weighted by molar-refractivity contribution is -0.111. The van der Waals surface area contributed by atoms with Gasteiger partial charge in [-0.3, -0.25) is 4.79 Å². The van der Waals surface area contributed by atoms with Crippen LogP contribution in [0.1, 0.15) is 4.88 Å². The monoisotopic (exact) mass is 388 g/mol. The number of anilines is 3. The fourth-order valence-electron chi connectivity index (χ4n) is 2.46. The summed E-state index contributed by atoms with van der Waals surface area (Å²) in [7, 11) is 0. The summed E-state index contributed by atoms with van der Waals surface area (Å²) >= 11 is 1.58. The van der Waals surface area contributed by atoms with Crippen LogP contribution in [0.5, 0.6) is 0 Å². The molecule has 0 saturated carbocycles. The topological polar surface area (TPSA) is 84.7 Å². The first-order chi connectivity index (χ1) is 13.8. The van der Waals surface area contributed by atoms with Gasteiger partial charge in [0.25, 0.3) is 0 Å². The SMILES string of the molecule is O=C(/C=C/c1cccs1)Nc1ccc(Nc2cc(-n3cccn3)ncn2)cc1. The first-order valence-corrected chi connectivity index (χ1v) is 9.36. The number of hydrogen-bond donors (Lipinski definition) is 2. The summed E-state index contributed by atoms with van der Waals surface area (Å²) in [5, 5.41) is 12.2. The molecule has 3 aromatic heterocycles. The molecule has 4 rings (SSSR count). The van der Waals surface area contributed by atoms with Crippen molar-refractivity contribution in [3.8, 4) is 5.82 Å². The highest BCUT2D eigenvalue weighted by molar-refractivity contribution is 7.10. The lowest BCUT2D eigenvalue weighted by Crippen LogP contribution is -2.07. The van der Waals surface area contributed by atoms with Gasteiger partial charge < -0.3 is 10.6 Å². The molecule has 0 aliphatic heterocycles. The van der Waals surface area contributed by atoms with E-state index in [0.717, 1.165) is 10.6 Å². The number of nitrogens with one attached hydrogen (secondary N) is 2. The van der Waals surface area contributed by atoms with Crippen LogP contribution in [0.15, 0.2) is 78.7 Å². The van der Waals surface area contributed by atoms with Crippen LogP contribution in [0, 0.1) is 0 Å². The molecule has 1 aromatic carbocycles. The molecule has 0 bridgehead atoms.